The van der Waals surface area contributed by atoms with Crippen molar-refractivity contribution in [2.45, 2.75) is 38.8 Å². The van der Waals surface area contributed by atoms with Gasteiger partial charge in [-0.05, 0) is 43.4 Å². The van der Waals surface area contributed by atoms with Gasteiger partial charge in [0.1, 0.15) is 0 Å². The molecule has 1 N–H and O–H groups in total. The Morgan fingerprint density at radius 2 is 2.00 bits per heavy atom. The Morgan fingerprint density at radius 1 is 1.29 bits per heavy atom. The summed E-state index contributed by atoms with van der Waals surface area (Å²) in [5, 5.41) is 4.35. The molecule has 0 saturated carbocycles. The predicted octanol–water partition coefficient (Wildman–Crippen LogP) is 4.08. The minimum atomic E-state index is 0. The van der Waals surface area contributed by atoms with Gasteiger partial charge < -0.3 is 10.2 Å². The standard InChI is InChI=1S/C16H22ClN3.HI/c1-11-3-8-15-9-18-16(20(15)10-11)19-12(2)13-4-6-14(17)7-5-13;/h4-7,11-12,15H,3,8-10H2,1-2H3,(H,18,19);1H/t11?,12-,15?;/m0./s1. The van der Waals surface area contributed by atoms with E-state index in [1.165, 1.54) is 18.4 Å². The van der Waals surface area contributed by atoms with Crippen LogP contribution in [0.2, 0.25) is 5.02 Å². The molecule has 1 aromatic carbocycles. The molecule has 3 rings (SSSR count). The van der Waals surface area contributed by atoms with Crippen LogP contribution < -0.4 is 5.32 Å². The molecule has 0 radical (unpaired) electrons. The molecule has 0 bridgehead atoms. The van der Waals surface area contributed by atoms with Gasteiger partial charge in [-0.15, -0.1) is 24.0 Å². The summed E-state index contributed by atoms with van der Waals surface area (Å²) in [7, 11) is 0. The number of aliphatic imine (C=N–C) groups is 1. The normalized spacial score (nSPS) is 25.7. The smallest absolute Gasteiger partial charge is 0.194 e. The number of rotatable bonds is 2. The van der Waals surface area contributed by atoms with Crippen LogP contribution in [0.5, 0.6) is 0 Å². The Hall–Kier alpha value is -0.490. The lowest BCUT2D eigenvalue weighted by atomic mass is 9.95. The van der Waals surface area contributed by atoms with E-state index in [1.807, 2.05) is 12.1 Å². The molecule has 0 aromatic heterocycles. The highest BCUT2D eigenvalue weighted by molar-refractivity contribution is 14.0. The molecule has 116 valence electrons. The highest BCUT2D eigenvalue weighted by atomic mass is 127. The average Bonchev–Trinajstić information content (AvgIpc) is 2.82. The topological polar surface area (TPSA) is 27.6 Å². The maximum Gasteiger partial charge on any atom is 0.194 e. The minimum Gasteiger partial charge on any atom is -0.350 e. The van der Waals surface area contributed by atoms with E-state index < -0.39 is 0 Å². The molecule has 2 aliphatic rings. The van der Waals surface area contributed by atoms with E-state index in [9.17, 15) is 0 Å². The molecule has 1 aromatic rings. The molecular weight excluding hydrogens is 397 g/mol. The second-order valence-corrected chi connectivity index (χ2v) is 6.51. The molecular formula is C16H23ClIN3. The van der Waals surface area contributed by atoms with Crippen LogP contribution >= 0.6 is 35.6 Å². The molecule has 1 saturated heterocycles. The molecule has 3 atom stereocenters. The predicted molar refractivity (Wildman–Crippen MR) is 99.6 cm³/mol. The first-order valence-corrected chi connectivity index (χ1v) is 7.84. The van der Waals surface area contributed by atoms with Gasteiger partial charge >= 0.3 is 0 Å². The van der Waals surface area contributed by atoms with Crippen molar-refractivity contribution in [3.63, 3.8) is 0 Å². The number of fused-ring (bicyclic) bond motifs is 1. The van der Waals surface area contributed by atoms with E-state index >= 15 is 0 Å². The second-order valence-electron chi connectivity index (χ2n) is 6.07. The Labute approximate surface area is 149 Å². The summed E-state index contributed by atoms with van der Waals surface area (Å²) in [6, 6.07) is 8.90. The maximum atomic E-state index is 5.94. The number of nitrogens with zero attached hydrogens (tertiary/aromatic N) is 2. The average molecular weight is 420 g/mol. The fraction of sp³-hybridized carbons (Fsp3) is 0.562. The zero-order chi connectivity index (χ0) is 14.1. The van der Waals surface area contributed by atoms with Gasteiger partial charge in [0, 0.05) is 11.6 Å². The molecule has 1 fully saturated rings. The molecule has 21 heavy (non-hydrogen) atoms. The first-order valence-electron chi connectivity index (χ1n) is 7.46. The van der Waals surface area contributed by atoms with E-state index in [0.717, 1.165) is 30.0 Å². The molecule has 2 aliphatic heterocycles. The largest absolute Gasteiger partial charge is 0.350 e. The third-order valence-electron chi connectivity index (χ3n) is 4.38. The zero-order valence-corrected chi connectivity index (χ0v) is 15.6. The van der Waals surface area contributed by atoms with Crippen LogP contribution in [-0.4, -0.2) is 30.0 Å². The van der Waals surface area contributed by atoms with Crippen molar-refractivity contribution in [3.05, 3.63) is 34.9 Å². The first-order chi connectivity index (χ1) is 9.63. The summed E-state index contributed by atoms with van der Waals surface area (Å²) in [6.07, 6.45) is 2.60. The van der Waals surface area contributed by atoms with Crippen LogP contribution in [0.4, 0.5) is 0 Å². The molecule has 2 unspecified atom stereocenters. The summed E-state index contributed by atoms with van der Waals surface area (Å²) < 4.78 is 0. The van der Waals surface area contributed by atoms with E-state index in [0.29, 0.717) is 6.04 Å². The van der Waals surface area contributed by atoms with Crippen LogP contribution in [0.3, 0.4) is 0 Å². The Morgan fingerprint density at radius 3 is 2.71 bits per heavy atom. The van der Waals surface area contributed by atoms with Crippen molar-refractivity contribution in [2.24, 2.45) is 10.9 Å². The van der Waals surface area contributed by atoms with Gasteiger partial charge in [-0.1, -0.05) is 30.7 Å². The van der Waals surface area contributed by atoms with Crippen LogP contribution in [0.15, 0.2) is 29.3 Å². The highest BCUT2D eigenvalue weighted by Gasteiger charge is 2.33. The summed E-state index contributed by atoms with van der Waals surface area (Å²) in [5.41, 5.74) is 1.24. The Balaban J connectivity index is 0.00000161. The number of hydrogen-bond donors (Lipinski definition) is 1. The van der Waals surface area contributed by atoms with Crippen LogP contribution in [0, 0.1) is 5.92 Å². The molecule has 3 nitrogen and oxygen atoms in total. The SMILES string of the molecule is CC1CCC2CN=C(N[C@@H](C)c3ccc(Cl)cc3)N2C1.I. The number of benzene rings is 1. The number of piperidine rings is 1. The van der Waals surface area contributed by atoms with Gasteiger partial charge in [-0.25, -0.2) is 0 Å². The van der Waals surface area contributed by atoms with Crippen molar-refractivity contribution < 1.29 is 0 Å². The van der Waals surface area contributed by atoms with Gasteiger partial charge in [0.15, 0.2) is 5.96 Å². The maximum absolute atomic E-state index is 5.94. The van der Waals surface area contributed by atoms with E-state index in [1.54, 1.807) is 0 Å². The number of halogens is 2. The van der Waals surface area contributed by atoms with E-state index in [4.69, 9.17) is 16.6 Å². The molecule has 0 spiro atoms. The lowest BCUT2D eigenvalue weighted by Gasteiger charge is -2.36. The van der Waals surface area contributed by atoms with Gasteiger partial charge in [-0.2, -0.15) is 0 Å². The quantitative estimate of drug-likeness (QED) is 0.732. The van der Waals surface area contributed by atoms with Gasteiger partial charge in [0.25, 0.3) is 0 Å². The molecule has 2 heterocycles. The lowest BCUT2D eigenvalue weighted by Crippen LogP contribution is -2.48. The Bertz CT molecular complexity index is 503. The summed E-state index contributed by atoms with van der Waals surface area (Å²) >= 11 is 5.94. The van der Waals surface area contributed by atoms with E-state index in [2.05, 4.69) is 36.2 Å². The fourth-order valence-corrected chi connectivity index (χ4v) is 3.22. The van der Waals surface area contributed by atoms with Crippen molar-refractivity contribution in [1.29, 1.82) is 0 Å². The molecule has 0 amide bonds. The number of hydrogen-bond acceptors (Lipinski definition) is 3. The fourth-order valence-electron chi connectivity index (χ4n) is 3.10. The second kappa shape index (κ2) is 7.18. The van der Waals surface area contributed by atoms with E-state index in [-0.39, 0.29) is 30.0 Å². The highest BCUT2D eigenvalue weighted by Crippen LogP contribution is 2.26. The number of guanidine groups is 1. The van der Waals surface area contributed by atoms with Gasteiger partial charge in [0.2, 0.25) is 0 Å². The molecule has 5 heteroatoms. The number of nitrogens with one attached hydrogen (secondary N) is 1. The van der Waals surface area contributed by atoms with Crippen molar-refractivity contribution in [2.75, 3.05) is 13.1 Å². The monoisotopic (exact) mass is 419 g/mol. The summed E-state index contributed by atoms with van der Waals surface area (Å²) in [5.74, 6) is 1.84. The summed E-state index contributed by atoms with van der Waals surface area (Å²) in [4.78, 5) is 7.16. The van der Waals surface area contributed by atoms with Crippen molar-refractivity contribution in [3.8, 4) is 0 Å². The van der Waals surface area contributed by atoms with Gasteiger partial charge in [0.05, 0.1) is 18.6 Å². The van der Waals surface area contributed by atoms with Crippen molar-refractivity contribution in [1.82, 2.24) is 10.2 Å². The van der Waals surface area contributed by atoms with Crippen molar-refractivity contribution >= 4 is 41.5 Å². The Kier molecular flexibility index (Phi) is 5.77. The van der Waals surface area contributed by atoms with Crippen LogP contribution in [0.1, 0.15) is 38.3 Å². The molecule has 0 aliphatic carbocycles. The zero-order valence-electron chi connectivity index (χ0n) is 12.6. The minimum absolute atomic E-state index is 0. The van der Waals surface area contributed by atoms with Crippen LogP contribution in [-0.2, 0) is 0 Å². The lowest BCUT2D eigenvalue weighted by molar-refractivity contribution is 0.210. The third-order valence-corrected chi connectivity index (χ3v) is 4.63. The first kappa shape index (κ1) is 16.9. The summed E-state index contributed by atoms with van der Waals surface area (Å²) in [6.45, 7) is 6.58. The van der Waals surface area contributed by atoms with Gasteiger partial charge in [-0.3, -0.25) is 4.99 Å². The van der Waals surface area contributed by atoms with Crippen LogP contribution in [0.25, 0.3) is 0 Å². The third kappa shape index (κ3) is 3.83.